The summed E-state index contributed by atoms with van der Waals surface area (Å²) in [4.78, 5) is 25.3. The van der Waals surface area contributed by atoms with Crippen LogP contribution in [-0.2, 0) is 6.18 Å². The molecule has 1 aromatic carbocycles. The van der Waals surface area contributed by atoms with Crippen molar-refractivity contribution in [2.75, 3.05) is 13.1 Å². The molecule has 1 saturated heterocycles. The number of amides is 1. The van der Waals surface area contributed by atoms with E-state index in [0.717, 1.165) is 12.1 Å². The maximum absolute atomic E-state index is 12.9. The van der Waals surface area contributed by atoms with Gasteiger partial charge in [0.15, 0.2) is 0 Å². The first-order chi connectivity index (χ1) is 13.1. The van der Waals surface area contributed by atoms with Gasteiger partial charge >= 0.3 is 12.3 Å². The van der Waals surface area contributed by atoms with Gasteiger partial charge in [-0.1, -0.05) is 11.6 Å². The second kappa shape index (κ2) is 7.38. The minimum absolute atomic E-state index is 0.0637. The average Bonchev–Trinajstić information content (AvgIpc) is 2.62. The van der Waals surface area contributed by atoms with Crippen molar-refractivity contribution in [3.63, 3.8) is 0 Å². The second-order valence-corrected chi connectivity index (χ2v) is 6.98. The third-order valence-electron chi connectivity index (χ3n) is 4.69. The molecule has 1 amide bonds. The molecule has 0 spiro atoms. The Hall–Kier alpha value is -2.68. The van der Waals surface area contributed by atoms with Crippen molar-refractivity contribution in [3.8, 4) is 16.9 Å². The van der Waals surface area contributed by atoms with E-state index >= 15 is 0 Å². The van der Waals surface area contributed by atoms with Gasteiger partial charge in [-0.3, -0.25) is 4.79 Å². The number of hydrogen-bond acceptors (Lipinski definition) is 3. The summed E-state index contributed by atoms with van der Waals surface area (Å²) in [7, 11) is 0. The van der Waals surface area contributed by atoms with Crippen LogP contribution in [0.25, 0.3) is 11.1 Å². The predicted molar refractivity (Wildman–Crippen MR) is 95.7 cm³/mol. The SMILES string of the molecule is O=C(O)N1CCCC(n2cc(Cl)cc(-c3ccc(C(F)(F)F)cc3O)c2=O)C1. The standard InChI is InChI=1S/C18H16ClF3N2O4/c19-11-7-14(13-4-3-10(6-15(13)25)18(20,21)22)16(26)24(8-11)12-2-1-5-23(9-12)17(27)28/h3-4,6-8,12,25H,1-2,5,9H2,(H,27,28). The van der Waals surface area contributed by atoms with Crippen LogP contribution >= 0.6 is 11.6 Å². The molecule has 1 aromatic heterocycles. The molecule has 10 heteroatoms. The molecule has 1 unspecified atom stereocenters. The Morgan fingerprint density at radius 1 is 1.21 bits per heavy atom. The number of likely N-dealkylation sites (tertiary alicyclic amines) is 1. The molecule has 150 valence electrons. The van der Waals surface area contributed by atoms with Crippen LogP contribution < -0.4 is 5.56 Å². The molecule has 2 heterocycles. The molecule has 1 fully saturated rings. The van der Waals surface area contributed by atoms with Crippen molar-refractivity contribution in [1.82, 2.24) is 9.47 Å². The van der Waals surface area contributed by atoms with Crippen molar-refractivity contribution in [2.24, 2.45) is 0 Å². The van der Waals surface area contributed by atoms with Crippen LogP contribution in [0.1, 0.15) is 24.4 Å². The minimum Gasteiger partial charge on any atom is -0.507 e. The van der Waals surface area contributed by atoms with E-state index in [9.17, 15) is 33.0 Å². The number of halogens is 4. The first-order valence-corrected chi connectivity index (χ1v) is 8.76. The summed E-state index contributed by atoms with van der Waals surface area (Å²) in [6.07, 6.45) is -3.27. The smallest absolute Gasteiger partial charge is 0.416 e. The number of hydrogen-bond donors (Lipinski definition) is 2. The van der Waals surface area contributed by atoms with E-state index in [1.807, 2.05) is 0 Å². The van der Waals surface area contributed by atoms with E-state index in [1.165, 1.54) is 21.7 Å². The van der Waals surface area contributed by atoms with Crippen molar-refractivity contribution >= 4 is 17.7 Å². The molecule has 1 aliphatic heterocycles. The molecule has 0 aliphatic carbocycles. The van der Waals surface area contributed by atoms with Gasteiger partial charge in [0.1, 0.15) is 5.75 Å². The van der Waals surface area contributed by atoms with Gasteiger partial charge in [0, 0.05) is 24.8 Å². The molecule has 28 heavy (non-hydrogen) atoms. The Bertz CT molecular complexity index is 974. The quantitative estimate of drug-likeness (QED) is 0.768. The van der Waals surface area contributed by atoms with E-state index in [0.29, 0.717) is 25.5 Å². The van der Waals surface area contributed by atoms with E-state index in [1.54, 1.807) is 0 Å². The van der Waals surface area contributed by atoms with Crippen LogP contribution in [-0.4, -0.2) is 38.9 Å². The number of rotatable bonds is 2. The number of carbonyl (C=O) groups is 1. The fraction of sp³-hybridized carbons (Fsp3) is 0.333. The molecule has 1 aliphatic rings. The number of aromatic hydroxyl groups is 1. The lowest BCUT2D eigenvalue weighted by Gasteiger charge is -2.32. The van der Waals surface area contributed by atoms with Crippen LogP contribution in [0.4, 0.5) is 18.0 Å². The molecule has 2 aromatic rings. The molecule has 2 N–H and O–H groups in total. The Kier molecular flexibility index (Phi) is 5.29. The van der Waals surface area contributed by atoms with Crippen LogP contribution in [0.2, 0.25) is 5.02 Å². The first kappa shape index (κ1) is 20.1. The predicted octanol–water partition coefficient (Wildman–Crippen LogP) is 4.21. The Balaban J connectivity index is 2.05. The monoisotopic (exact) mass is 416 g/mol. The highest BCUT2D eigenvalue weighted by molar-refractivity contribution is 6.30. The van der Waals surface area contributed by atoms with Crippen LogP contribution in [0.15, 0.2) is 35.3 Å². The van der Waals surface area contributed by atoms with Crippen LogP contribution in [0.5, 0.6) is 5.75 Å². The third-order valence-corrected chi connectivity index (χ3v) is 4.89. The highest BCUT2D eigenvalue weighted by atomic mass is 35.5. The summed E-state index contributed by atoms with van der Waals surface area (Å²) in [5, 5.41) is 19.4. The number of piperidine rings is 1. The highest BCUT2D eigenvalue weighted by Crippen LogP contribution is 2.36. The van der Waals surface area contributed by atoms with E-state index < -0.39 is 35.2 Å². The van der Waals surface area contributed by atoms with Gasteiger partial charge in [-0.05, 0) is 37.1 Å². The number of pyridine rings is 1. The lowest BCUT2D eigenvalue weighted by atomic mass is 10.0. The molecule has 3 rings (SSSR count). The van der Waals surface area contributed by atoms with Gasteiger partial charge in [-0.25, -0.2) is 4.79 Å². The zero-order valence-electron chi connectivity index (χ0n) is 14.4. The topological polar surface area (TPSA) is 82.8 Å². The summed E-state index contributed by atoms with van der Waals surface area (Å²) < 4.78 is 39.7. The molecule has 0 radical (unpaired) electrons. The zero-order chi connectivity index (χ0) is 20.6. The summed E-state index contributed by atoms with van der Waals surface area (Å²) in [5.41, 5.74) is -1.76. The van der Waals surface area contributed by atoms with Crippen molar-refractivity contribution in [2.45, 2.75) is 25.1 Å². The van der Waals surface area contributed by atoms with Gasteiger partial charge in [0.2, 0.25) is 0 Å². The first-order valence-electron chi connectivity index (χ1n) is 8.38. The molecule has 6 nitrogen and oxygen atoms in total. The average molecular weight is 417 g/mol. The zero-order valence-corrected chi connectivity index (χ0v) is 15.2. The lowest BCUT2D eigenvalue weighted by Crippen LogP contribution is -2.42. The van der Waals surface area contributed by atoms with Gasteiger partial charge in [-0.15, -0.1) is 0 Å². The Labute approximate surface area is 162 Å². The number of nitrogens with zero attached hydrogens (tertiary/aromatic N) is 2. The summed E-state index contributed by atoms with van der Waals surface area (Å²) in [6.45, 7) is 0.446. The maximum Gasteiger partial charge on any atom is 0.416 e. The normalized spacial score (nSPS) is 17.6. The van der Waals surface area contributed by atoms with E-state index in [2.05, 4.69) is 0 Å². The highest BCUT2D eigenvalue weighted by Gasteiger charge is 2.32. The maximum atomic E-state index is 12.9. The summed E-state index contributed by atoms with van der Waals surface area (Å²) in [6, 6.07) is 3.13. The Morgan fingerprint density at radius 2 is 1.93 bits per heavy atom. The number of aromatic nitrogens is 1. The molecule has 0 saturated carbocycles. The second-order valence-electron chi connectivity index (χ2n) is 6.54. The fourth-order valence-corrected chi connectivity index (χ4v) is 3.54. The van der Waals surface area contributed by atoms with Crippen LogP contribution in [0.3, 0.4) is 0 Å². The number of phenolic OH excluding ortho intramolecular Hbond substituents is 1. The lowest BCUT2D eigenvalue weighted by molar-refractivity contribution is -0.137. The summed E-state index contributed by atoms with van der Waals surface area (Å²) >= 11 is 6.09. The molecular formula is C18H16ClF3N2O4. The van der Waals surface area contributed by atoms with Gasteiger partial charge < -0.3 is 19.7 Å². The minimum atomic E-state index is -4.63. The summed E-state index contributed by atoms with van der Waals surface area (Å²) in [5.74, 6) is -0.698. The fourth-order valence-electron chi connectivity index (χ4n) is 3.32. The largest absolute Gasteiger partial charge is 0.507 e. The third kappa shape index (κ3) is 3.94. The van der Waals surface area contributed by atoms with Crippen molar-refractivity contribution < 1.29 is 28.2 Å². The Morgan fingerprint density at radius 3 is 2.54 bits per heavy atom. The van der Waals surface area contributed by atoms with Crippen molar-refractivity contribution in [3.05, 3.63) is 51.4 Å². The molecular weight excluding hydrogens is 401 g/mol. The number of alkyl halides is 3. The van der Waals surface area contributed by atoms with Crippen molar-refractivity contribution in [1.29, 1.82) is 0 Å². The number of benzene rings is 1. The van der Waals surface area contributed by atoms with Gasteiger partial charge in [-0.2, -0.15) is 13.2 Å². The number of phenols is 1. The van der Waals surface area contributed by atoms with Gasteiger partial charge in [0.25, 0.3) is 5.56 Å². The molecule has 1 atom stereocenters. The van der Waals surface area contributed by atoms with Crippen LogP contribution in [0, 0.1) is 0 Å². The van der Waals surface area contributed by atoms with Gasteiger partial charge in [0.05, 0.1) is 22.2 Å². The van der Waals surface area contributed by atoms with E-state index in [-0.39, 0.29) is 22.7 Å². The van der Waals surface area contributed by atoms with E-state index in [4.69, 9.17) is 11.6 Å². The molecule has 0 bridgehead atoms. The number of carboxylic acid groups (broad SMARTS) is 1.